The highest BCUT2D eigenvalue weighted by atomic mass is 15.3. The molecule has 0 saturated carbocycles. The van der Waals surface area contributed by atoms with Crippen LogP contribution in [-0.2, 0) is 0 Å². The zero-order valence-corrected chi connectivity index (χ0v) is 12.2. The van der Waals surface area contributed by atoms with Crippen LogP contribution in [0.15, 0.2) is 24.3 Å². The van der Waals surface area contributed by atoms with E-state index in [9.17, 15) is 0 Å². The third kappa shape index (κ3) is 2.71. The molecule has 0 spiro atoms. The molecule has 0 aliphatic rings. The van der Waals surface area contributed by atoms with Crippen molar-refractivity contribution >= 4 is 22.4 Å². The molecule has 1 heterocycles. The first-order chi connectivity index (χ1) is 9.54. The summed E-state index contributed by atoms with van der Waals surface area (Å²) < 4.78 is 0. The van der Waals surface area contributed by atoms with E-state index < -0.39 is 0 Å². The summed E-state index contributed by atoms with van der Waals surface area (Å²) in [7, 11) is 0. The fraction of sp³-hybridized carbons (Fsp3) is 0.400. The predicted octanol–water partition coefficient (Wildman–Crippen LogP) is 2.34. The van der Waals surface area contributed by atoms with Crippen LogP contribution in [0.4, 0.5) is 5.82 Å². The molecule has 2 rings (SSSR count). The molecule has 20 heavy (non-hydrogen) atoms. The minimum absolute atomic E-state index is 0.00295. The van der Waals surface area contributed by atoms with Crippen LogP contribution in [0.3, 0.4) is 0 Å². The molecule has 3 N–H and O–H groups in total. The van der Waals surface area contributed by atoms with E-state index in [1.54, 1.807) is 0 Å². The van der Waals surface area contributed by atoms with Crippen molar-refractivity contribution in [2.24, 2.45) is 11.7 Å². The average molecular weight is 271 g/mol. The third-order valence-electron chi connectivity index (χ3n) is 3.56. The lowest BCUT2D eigenvalue weighted by Crippen LogP contribution is -2.35. The van der Waals surface area contributed by atoms with Crippen LogP contribution in [0.5, 0.6) is 0 Å². The van der Waals surface area contributed by atoms with E-state index in [-0.39, 0.29) is 11.8 Å². The van der Waals surface area contributed by atoms with Gasteiger partial charge in [-0.05, 0) is 13.8 Å². The number of nitrogens with two attached hydrogens (primary N) is 1. The zero-order valence-electron chi connectivity index (χ0n) is 12.2. The molecule has 0 fully saturated rings. The van der Waals surface area contributed by atoms with Crippen LogP contribution in [0, 0.1) is 18.3 Å². The Morgan fingerprint density at radius 2 is 1.95 bits per heavy atom. The standard InChI is InChI=1S/C15H21N5/c1-4-20(9-10(2)14(16)17)15-13-8-6-5-7-12(13)11(3)18-19-15/h5-8,10H,4,9H2,1-3H3,(H3,16,17). The van der Waals surface area contributed by atoms with Gasteiger partial charge in [-0.15, -0.1) is 5.10 Å². The van der Waals surface area contributed by atoms with Gasteiger partial charge in [0.05, 0.1) is 11.5 Å². The van der Waals surface area contributed by atoms with E-state index in [1.807, 2.05) is 26.0 Å². The summed E-state index contributed by atoms with van der Waals surface area (Å²) in [6, 6.07) is 8.14. The number of hydrogen-bond acceptors (Lipinski definition) is 4. The number of rotatable bonds is 5. The van der Waals surface area contributed by atoms with Crippen molar-refractivity contribution in [3.63, 3.8) is 0 Å². The molecule has 0 amide bonds. The number of amidine groups is 1. The van der Waals surface area contributed by atoms with E-state index in [2.05, 4.69) is 34.2 Å². The van der Waals surface area contributed by atoms with Crippen molar-refractivity contribution < 1.29 is 0 Å². The van der Waals surface area contributed by atoms with Gasteiger partial charge in [0.1, 0.15) is 0 Å². The Balaban J connectivity index is 2.45. The molecule has 5 nitrogen and oxygen atoms in total. The number of hydrogen-bond donors (Lipinski definition) is 2. The van der Waals surface area contributed by atoms with Gasteiger partial charge >= 0.3 is 0 Å². The molecule has 106 valence electrons. The van der Waals surface area contributed by atoms with Crippen LogP contribution in [0.1, 0.15) is 19.5 Å². The Morgan fingerprint density at radius 1 is 1.30 bits per heavy atom. The molecule has 0 bridgehead atoms. The topological polar surface area (TPSA) is 78.9 Å². The quantitative estimate of drug-likeness (QED) is 0.646. The number of fused-ring (bicyclic) bond motifs is 1. The minimum Gasteiger partial charge on any atom is -0.387 e. The lowest BCUT2D eigenvalue weighted by Gasteiger charge is -2.25. The van der Waals surface area contributed by atoms with Gasteiger partial charge in [0.15, 0.2) is 5.82 Å². The highest BCUT2D eigenvalue weighted by Gasteiger charge is 2.16. The number of benzene rings is 1. The maximum absolute atomic E-state index is 7.54. The summed E-state index contributed by atoms with van der Waals surface area (Å²) >= 11 is 0. The van der Waals surface area contributed by atoms with Crippen LogP contribution in [0.25, 0.3) is 10.8 Å². The van der Waals surface area contributed by atoms with Crippen molar-refractivity contribution in [2.75, 3.05) is 18.0 Å². The average Bonchev–Trinajstić information content (AvgIpc) is 2.45. The number of aromatic nitrogens is 2. The van der Waals surface area contributed by atoms with Gasteiger partial charge in [-0.1, -0.05) is 31.2 Å². The first-order valence-corrected chi connectivity index (χ1v) is 6.85. The van der Waals surface area contributed by atoms with Crippen molar-refractivity contribution in [2.45, 2.75) is 20.8 Å². The fourth-order valence-corrected chi connectivity index (χ4v) is 2.25. The summed E-state index contributed by atoms with van der Waals surface area (Å²) in [6.07, 6.45) is 0. The van der Waals surface area contributed by atoms with Gasteiger partial charge in [-0.2, -0.15) is 5.10 Å². The maximum Gasteiger partial charge on any atom is 0.159 e. The summed E-state index contributed by atoms with van der Waals surface area (Å²) in [6.45, 7) is 7.47. The van der Waals surface area contributed by atoms with Gasteiger partial charge in [-0.3, -0.25) is 5.41 Å². The monoisotopic (exact) mass is 271 g/mol. The first kappa shape index (κ1) is 14.2. The van der Waals surface area contributed by atoms with Gasteiger partial charge in [0.2, 0.25) is 0 Å². The summed E-state index contributed by atoms with van der Waals surface area (Å²) in [5.74, 6) is 1.06. The van der Waals surface area contributed by atoms with E-state index in [0.717, 1.165) is 28.8 Å². The zero-order chi connectivity index (χ0) is 14.7. The Morgan fingerprint density at radius 3 is 2.55 bits per heavy atom. The van der Waals surface area contributed by atoms with Gasteiger partial charge in [0, 0.05) is 29.8 Å². The molecular formula is C15H21N5. The molecule has 0 aliphatic carbocycles. The Hall–Kier alpha value is -2.17. The molecule has 5 heteroatoms. The second-order valence-corrected chi connectivity index (χ2v) is 5.05. The molecule has 0 aliphatic heterocycles. The van der Waals surface area contributed by atoms with E-state index in [4.69, 9.17) is 11.1 Å². The molecule has 0 saturated heterocycles. The third-order valence-corrected chi connectivity index (χ3v) is 3.56. The second-order valence-electron chi connectivity index (χ2n) is 5.05. The molecule has 2 aromatic rings. The number of aryl methyl sites for hydroxylation is 1. The van der Waals surface area contributed by atoms with Crippen LogP contribution < -0.4 is 10.6 Å². The van der Waals surface area contributed by atoms with Crippen molar-refractivity contribution in [3.05, 3.63) is 30.0 Å². The number of nitrogens with zero attached hydrogens (tertiary/aromatic N) is 3. The van der Waals surface area contributed by atoms with Crippen LogP contribution in [0.2, 0.25) is 0 Å². The lowest BCUT2D eigenvalue weighted by atomic mass is 10.1. The lowest BCUT2D eigenvalue weighted by molar-refractivity contribution is 0.687. The molecule has 1 atom stereocenters. The summed E-state index contributed by atoms with van der Waals surface area (Å²) in [5, 5.41) is 18.4. The van der Waals surface area contributed by atoms with E-state index in [0.29, 0.717) is 6.54 Å². The molecule has 1 aromatic carbocycles. The molecule has 1 aromatic heterocycles. The van der Waals surface area contributed by atoms with Crippen molar-refractivity contribution in [3.8, 4) is 0 Å². The molecule has 1 unspecified atom stereocenters. The summed E-state index contributed by atoms with van der Waals surface area (Å²) in [4.78, 5) is 2.13. The minimum atomic E-state index is -0.00295. The van der Waals surface area contributed by atoms with Gasteiger partial charge < -0.3 is 10.6 Å². The highest BCUT2D eigenvalue weighted by Crippen LogP contribution is 2.25. The fourth-order valence-electron chi connectivity index (χ4n) is 2.25. The largest absolute Gasteiger partial charge is 0.387 e. The van der Waals surface area contributed by atoms with Gasteiger partial charge in [0.25, 0.3) is 0 Å². The van der Waals surface area contributed by atoms with Crippen LogP contribution >= 0.6 is 0 Å². The Bertz CT molecular complexity index is 623. The Kier molecular flexibility index (Phi) is 4.17. The highest BCUT2D eigenvalue weighted by molar-refractivity contribution is 5.93. The second kappa shape index (κ2) is 5.86. The van der Waals surface area contributed by atoms with Crippen molar-refractivity contribution in [1.29, 1.82) is 5.41 Å². The number of nitrogens with one attached hydrogen (secondary N) is 1. The van der Waals surface area contributed by atoms with E-state index >= 15 is 0 Å². The van der Waals surface area contributed by atoms with E-state index in [1.165, 1.54) is 0 Å². The molecular weight excluding hydrogens is 250 g/mol. The predicted molar refractivity (Wildman–Crippen MR) is 83.2 cm³/mol. The first-order valence-electron chi connectivity index (χ1n) is 6.85. The molecule has 0 radical (unpaired) electrons. The summed E-state index contributed by atoms with van der Waals surface area (Å²) in [5.41, 5.74) is 6.50. The normalized spacial score (nSPS) is 12.3. The van der Waals surface area contributed by atoms with Crippen molar-refractivity contribution in [1.82, 2.24) is 10.2 Å². The Labute approximate surface area is 119 Å². The smallest absolute Gasteiger partial charge is 0.159 e. The maximum atomic E-state index is 7.54. The SMILES string of the molecule is CCN(CC(C)C(=N)N)c1nnc(C)c2ccccc12. The van der Waals surface area contributed by atoms with Crippen LogP contribution in [-0.4, -0.2) is 29.1 Å². The number of anilines is 1. The van der Waals surface area contributed by atoms with Gasteiger partial charge in [-0.25, -0.2) is 0 Å².